The number of rotatable bonds is 13. The Kier molecular flexibility index (Phi) is 8.54. The van der Waals surface area contributed by atoms with Gasteiger partial charge in [0.2, 0.25) is 0 Å². The van der Waals surface area contributed by atoms with Gasteiger partial charge in [-0.3, -0.25) is 0 Å². The van der Waals surface area contributed by atoms with Gasteiger partial charge in [-0.15, -0.1) is 15.0 Å². The van der Waals surface area contributed by atoms with Gasteiger partial charge < -0.3 is 5.11 Å². The fourth-order valence-corrected chi connectivity index (χ4v) is 5.41. The van der Waals surface area contributed by atoms with Crippen molar-refractivity contribution in [2.75, 3.05) is 0 Å². The van der Waals surface area contributed by atoms with Crippen LogP contribution in [0, 0.1) is 12.8 Å². The van der Waals surface area contributed by atoms with Crippen molar-refractivity contribution in [2.45, 2.75) is 84.6 Å². The number of aryl methyl sites for hydroxylation is 1. The summed E-state index contributed by atoms with van der Waals surface area (Å²) < 4.78 is 0. The Balaban J connectivity index is 1.35. The Bertz CT molecular complexity index is 1490. The minimum Gasteiger partial charge on any atom is -0.506 e. The molecule has 3 aromatic carbocycles. The first kappa shape index (κ1) is 26.9. The van der Waals surface area contributed by atoms with Crippen LogP contribution in [0.25, 0.3) is 27.8 Å². The Morgan fingerprint density at radius 1 is 0.769 bits per heavy atom. The number of phenolic OH excluding ortho intramolecular Hbond substituents is 1. The monoisotopic (exact) mass is 524 g/mol. The van der Waals surface area contributed by atoms with Gasteiger partial charge in [0.1, 0.15) is 33.5 Å². The van der Waals surface area contributed by atoms with Gasteiger partial charge in [0.15, 0.2) is 0 Å². The minimum atomic E-state index is 0.154. The third-order valence-corrected chi connectivity index (χ3v) is 7.62. The zero-order valence-corrected chi connectivity index (χ0v) is 23.4. The largest absolute Gasteiger partial charge is 0.506 e. The zero-order valence-electron chi connectivity index (χ0n) is 23.4. The average Bonchev–Trinajstić information content (AvgIpc) is 3.56. The summed E-state index contributed by atoms with van der Waals surface area (Å²) in [4.78, 5) is 3.47. The first-order valence-electron chi connectivity index (χ1n) is 14.5. The predicted molar refractivity (Wildman–Crippen MR) is 157 cm³/mol. The van der Waals surface area contributed by atoms with Crippen LogP contribution in [0.2, 0.25) is 0 Å². The molecule has 5 rings (SSSR count). The molecule has 2 unspecified atom stereocenters. The number of aromatic hydroxyl groups is 1. The number of benzene rings is 3. The van der Waals surface area contributed by atoms with E-state index in [1.165, 1.54) is 55.3 Å². The van der Waals surface area contributed by atoms with E-state index in [2.05, 4.69) is 31.1 Å². The molecule has 7 heteroatoms. The summed E-state index contributed by atoms with van der Waals surface area (Å²) in [6.07, 6.45) is 11.0. The third-order valence-electron chi connectivity index (χ3n) is 7.62. The van der Waals surface area contributed by atoms with Crippen molar-refractivity contribution in [1.29, 1.82) is 0 Å². The lowest BCUT2D eigenvalue weighted by molar-refractivity contribution is 0.313. The molecule has 0 radical (unpaired) electrons. The van der Waals surface area contributed by atoms with Crippen molar-refractivity contribution in [3.05, 3.63) is 71.8 Å². The molecule has 0 amide bonds. The van der Waals surface area contributed by atoms with Crippen molar-refractivity contribution < 1.29 is 5.11 Å². The first-order valence-corrected chi connectivity index (χ1v) is 14.5. The van der Waals surface area contributed by atoms with Crippen molar-refractivity contribution in [2.24, 2.45) is 5.92 Å². The van der Waals surface area contributed by atoms with E-state index in [1.54, 1.807) is 6.07 Å². The van der Waals surface area contributed by atoms with Gasteiger partial charge in [-0.2, -0.15) is 15.0 Å². The fourth-order valence-electron chi connectivity index (χ4n) is 5.41. The molecule has 2 aromatic heterocycles. The molecule has 0 fully saturated rings. The van der Waals surface area contributed by atoms with Crippen LogP contribution in [-0.2, 0) is 6.42 Å². The molecular weight excluding hydrogens is 484 g/mol. The highest BCUT2D eigenvalue weighted by molar-refractivity contribution is 5.75. The molecular formula is C32H40N6O. The van der Waals surface area contributed by atoms with Crippen LogP contribution < -0.4 is 0 Å². The first-order chi connectivity index (χ1) is 19.0. The molecule has 2 heterocycles. The van der Waals surface area contributed by atoms with Gasteiger partial charge in [0.05, 0.1) is 6.04 Å². The molecule has 0 aliphatic rings. The van der Waals surface area contributed by atoms with Crippen LogP contribution in [0.3, 0.4) is 0 Å². The van der Waals surface area contributed by atoms with Crippen LogP contribution in [0.4, 0.5) is 0 Å². The quantitative estimate of drug-likeness (QED) is 0.159. The number of nitrogens with zero attached hydrogens (tertiary/aromatic N) is 6. The summed E-state index contributed by atoms with van der Waals surface area (Å²) in [5, 5.41) is 29.4. The Hall–Kier alpha value is -3.74. The highest BCUT2D eigenvalue weighted by atomic mass is 16.3. The minimum absolute atomic E-state index is 0.154. The topological polar surface area (TPSA) is 81.6 Å². The number of aromatic nitrogens is 6. The normalized spacial score (nSPS) is 13.3. The van der Waals surface area contributed by atoms with Crippen molar-refractivity contribution in [3.8, 4) is 11.4 Å². The Morgan fingerprint density at radius 2 is 1.46 bits per heavy atom. The van der Waals surface area contributed by atoms with E-state index in [4.69, 9.17) is 15.3 Å². The summed E-state index contributed by atoms with van der Waals surface area (Å²) in [5.74, 6) is 0.751. The summed E-state index contributed by atoms with van der Waals surface area (Å²) in [7, 11) is 0. The molecule has 204 valence electrons. The molecule has 0 bridgehead atoms. The summed E-state index contributed by atoms with van der Waals surface area (Å²) in [6.45, 7) is 6.62. The van der Waals surface area contributed by atoms with E-state index in [1.807, 2.05) is 54.2 Å². The average molecular weight is 525 g/mol. The standard InChI is InChI=1S/C32H40N6O/c1-4-5-6-7-8-9-12-23(2)19-26(37-33-27-13-10-11-14-28(27)34-37)21-25-16-17-29-30(22-25)36-38(35-29)31-20-24(3)15-18-32(31)39/h10-11,13-18,20,22-23,26,39H,4-9,12,19,21H2,1-3H3. The molecule has 0 spiro atoms. The maximum absolute atomic E-state index is 10.4. The molecule has 7 nitrogen and oxygen atoms in total. The van der Waals surface area contributed by atoms with Crippen molar-refractivity contribution in [3.63, 3.8) is 0 Å². The summed E-state index contributed by atoms with van der Waals surface area (Å²) in [5.41, 5.74) is 6.29. The summed E-state index contributed by atoms with van der Waals surface area (Å²) in [6, 6.07) is 20.0. The smallest absolute Gasteiger partial charge is 0.143 e. The number of unbranched alkanes of at least 4 members (excludes halogenated alkanes) is 5. The van der Waals surface area contributed by atoms with Gasteiger partial charge in [-0.1, -0.05) is 83.1 Å². The van der Waals surface area contributed by atoms with E-state index in [9.17, 15) is 5.11 Å². The number of hydrogen-bond acceptors (Lipinski definition) is 5. The van der Waals surface area contributed by atoms with E-state index >= 15 is 0 Å². The number of phenols is 1. The Labute approximate surface area is 230 Å². The van der Waals surface area contributed by atoms with Crippen LogP contribution in [0.1, 0.15) is 82.4 Å². The van der Waals surface area contributed by atoms with Gasteiger partial charge in [0, 0.05) is 0 Å². The van der Waals surface area contributed by atoms with Gasteiger partial charge in [0.25, 0.3) is 0 Å². The lowest BCUT2D eigenvalue weighted by atomic mass is 9.92. The highest BCUT2D eigenvalue weighted by Gasteiger charge is 2.20. The number of fused-ring (bicyclic) bond motifs is 2. The maximum atomic E-state index is 10.4. The maximum Gasteiger partial charge on any atom is 0.143 e. The molecule has 0 aliphatic heterocycles. The molecule has 0 saturated heterocycles. The lowest BCUT2D eigenvalue weighted by Gasteiger charge is -2.21. The zero-order chi connectivity index (χ0) is 27.2. The second kappa shape index (κ2) is 12.4. The van der Waals surface area contributed by atoms with E-state index in [0.717, 1.165) is 40.5 Å². The van der Waals surface area contributed by atoms with E-state index in [-0.39, 0.29) is 11.8 Å². The number of hydrogen-bond donors (Lipinski definition) is 1. The van der Waals surface area contributed by atoms with Crippen LogP contribution in [0.15, 0.2) is 60.7 Å². The van der Waals surface area contributed by atoms with E-state index in [0.29, 0.717) is 11.6 Å². The van der Waals surface area contributed by atoms with Gasteiger partial charge in [-0.25, -0.2) is 0 Å². The molecule has 5 aromatic rings. The van der Waals surface area contributed by atoms with Crippen molar-refractivity contribution >= 4 is 22.1 Å². The lowest BCUT2D eigenvalue weighted by Crippen LogP contribution is -2.18. The molecule has 1 N–H and O–H groups in total. The molecule has 0 saturated carbocycles. The molecule has 2 atom stereocenters. The molecule has 39 heavy (non-hydrogen) atoms. The van der Waals surface area contributed by atoms with Gasteiger partial charge in [-0.05, 0) is 73.2 Å². The Morgan fingerprint density at radius 3 is 2.23 bits per heavy atom. The SMILES string of the molecule is CCCCCCCCC(C)CC(Cc1ccc2nn(-c3cc(C)ccc3O)nc2c1)n1nc2ccccc2n1. The fraction of sp³-hybridized carbons (Fsp3) is 0.438. The van der Waals surface area contributed by atoms with Crippen LogP contribution >= 0.6 is 0 Å². The van der Waals surface area contributed by atoms with Crippen LogP contribution in [0.5, 0.6) is 5.75 Å². The second-order valence-corrected chi connectivity index (χ2v) is 11.1. The van der Waals surface area contributed by atoms with Crippen molar-refractivity contribution in [1.82, 2.24) is 30.0 Å². The highest BCUT2D eigenvalue weighted by Crippen LogP contribution is 2.28. The van der Waals surface area contributed by atoms with E-state index < -0.39 is 0 Å². The molecule has 0 aliphatic carbocycles. The predicted octanol–water partition coefficient (Wildman–Crippen LogP) is 7.74. The van der Waals surface area contributed by atoms with Crippen LogP contribution in [-0.4, -0.2) is 35.1 Å². The third kappa shape index (κ3) is 6.64. The van der Waals surface area contributed by atoms with Gasteiger partial charge >= 0.3 is 0 Å². The second-order valence-electron chi connectivity index (χ2n) is 11.1. The summed E-state index contributed by atoms with van der Waals surface area (Å²) >= 11 is 0.